The summed E-state index contributed by atoms with van der Waals surface area (Å²) < 4.78 is 6.67. The number of aromatic nitrogens is 2. The smallest absolute Gasteiger partial charge is 0.248 e. The number of hydrogen-bond acceptors (Lipinski definition) is 5. The van der Waals surface area contributed by atoms with Crippen LogP contribution in [0.25, 0.3) is 11.5 Å². The summed E-state index contributed by atoms with van der Waals surface area (Å²) >= 11 is 3.48. The molecule has 0 N–H and O–H groups in total. The highest BCUT2D eigenvalue weighted by atomic mass is 79.9. The summed E-state index contributed by atoms with van der Waals surface area (Å²) in [5, 5.41) is 8.22. The quantitative estimate of drug-likeness (QED) is 0.794. The normalized spacial score (nSPS) is 19.6. The van der Waals surface area contributed by atoms with Crippen molar-refractivity contribution in [3.63, 3.8) is 0 Å². The minimum Gasteiger partial charge on any atom is -0.419 e. The monoisotopic (exact) mass is 349 g/mol. The highest BCUT2D eigenvalue weighted by Crippen LogP contribution is 2.27. The average Bonchev–Trinajstić information content (AvgIpc) is 2.96. The zero-order valence-electron chi connectivity index (χ0n) is 11.5. The van der Waals surface area contributed by atoms with Gasteiger partial charge in [0, 0.05) is 16.9 Å². The fourth-order valence-electron chi connectivity index (χ4n) is 2.60. The van der Waals surface area contributed by atoms with E-state index in [2.05, 4.69) is 31.0 Å². The third-order valence-electron chi connectivity index (χ3n) is 3.66. The van der Waals surface area contributed by atoms with Gasteiger partial charge in [-0.2, -0.15) is 0 Å². The van der Waals surface area contributed by atoms with Crippen LogP contribution in [0.3, 0.4) is 0 Å². The topological polar surface area (TPSA) is 59.2 Å². The molecule has 21 heavy (non-hydrogen) atoms. The summed E-state index contributed by atoms with van der Waals surface area (Å²) in [5.74, 6) is 1.23. The molecule has 6 heteroatoms. The molecule has 1 fully saturated rings. The average molecular weight is 350 g/mol. The summed E-state index contributed by atoms with van der Waals surface area (Å²) in [6.45, 7) is 2.34. The van der Waals surface area contributed by atoms with Gasteiger partial charge < -0.3 is 9.21 Å². The van der Waals surface area contributed by atoms with E-state index in [-0.39, 0.29) is 5.92 Å². The fourth-order valence-corrected chi connectivity index (χ4v) is 3.05. The van der Waals surface area contributed by atoms with Crippen LogP contribution in [-0.2, 0) is 11.3 Å². The van der Waals surface area contributed by atoms with Gasteiger partial charge in [0.2, 0.25) is 11.8 Å². The summed E-state index contributed by atoms with van der Waals surface area (Å²) in [5.41, 5.74) is 0.890. The highest BCUT2D eigenvalue weighted by molar-refractivity contribution is 9.10. The van der Waals surface area contributed by atoms with Crippen molar-refractivity contribution in [3.8, 4) is 11.5 Å². The van der Waals surface area contributed by atoms with E-state index >= 15 is 0 Å². The lowest BCUT2D eigenvalue weighted by Gasteiger charge is -2.28. The number of rotatable bonds is 4. The maximum atomic E-state index is 10.9. The second kappa shape index (κ2) is 6.49. The van der Waals surface area contributed by atoms with E-state index in [0.717, 1.165) is 42.3 Å². The molecular weight excluding hydrogens is 334 g/mol. The van der Waals surface area contributed by atoms with Crippen LogP contribution in [0.4, 0.5) is 0 Å². The number of carbonyl (C=O) groups is 1. The van der Waals surface area contributed by atoms with Gasteiger partial charge in [-0.3, -0.25) is 4.90 Å². The van der Waals surface area contributed by atoms with Crippen molar-refractivity contribution >= 4 is 22.2 Å². The third kappa shape index (κ3) is 3.39. The van der Waals surface area contributed by atoms with E-state index in [1.165, 1.54) is 0 Å². The molecule has 0 bridgehead atoms. The number of carbonyl (C=O) groups excluding carboxylic acids is 1. The predicted molar refractivity (Wildman–Crippen MR) is 81.5 cm³/mol. The van der Waals surface area contributed by atoms with Gasteiger partial charge in [-0.15, -0.1) is 10.2 Å². The molecule has 2 aromatic rings. The molecule has 3 rings (SSSR count). The zero-order valence-corrected chi connectivity index (χ0v) is 13.1. The number of hydrogen-bond donors (Lipinski definition) is 0. The maximum Gasteiger partial charge on any atom is 0.248 e. The van der Waals surface area contributed by atoms with Crippen molar-refractivity contribution in [1.29, 1.82) is 0 Å². The molecule has 1 aromatic carbocycles. The molecule has 0 radical (unpaired) electrons. The Morgan fingerprint density at radius 1 is 1.38 bits per heavy atom. The number of likely N-dealkylation sites (tertiary alicyclic amines) is 1. The van der Waals surface area contributed by atoms with Crippen molar-refractivity contribution in [2.45, 2.75) is 19.4 Å². The van der Waals surface area contributed by atoms with E-state index in [1.54, 1.807) is 0 Å². The molecule has 0 amide bonds. The lowest BCUT2D eigenvalue weighted by molar-refractivity contribution is -0.112. The summed E-state index contributed by atoms with van der Waals surface area (Å²) in [4.78, 5) is 13.1. The van der Waals surface area contributed by atoms with Crippen LogP contribution in [0.1, 0.15) is 18.7 Å². The molecule has 1 aliphatic rings. The van der Waals surface area contributed by atoms with Crippen molar-refractivity contribution < 1.29 is 9.21 Å². The summed E-state index contributed by atoms with van der Waals surface area (Å²) in [7, 11) is 0. The molecule has 5 nitrogen and oxygen atoms in total. The Hall–Kier alpha value is -1.53. The largest absolute Gasteiger partial charge is 0.419 e. The van der Waals surface area contributed by atoms with Crippen molar-refractivity contribution in [2.24, 2.45) is 5.92 Å². The van der Waals surface area contributed by atoms with Gasteiger partial charge in [-0.25, -0.2) is 0 Å². The van der Waals surface area contributed by atoms with Crippen LogP contribution in [0.2, 0.25) is 0 Å². The molecular formula is C15H16BrN3O2. The first-order valence-electron chi connectivity index (χ1n) is 7.01. The first-order chi connectivity index (χ1) is 10.3. The van der Waals surface area contributed by atoms with Gasteiger partial charge in [0.15, 0.2) is 0 Å². The molecule has 110 valence electrons. The highest BCUT2D eigenvalue weighted by Gasteiger charge is 2.21. The van der Waals surface area contributed by atoms with Gasteiger partial charge in [0.25, 0.3) is 0 Å². The van der Waals surface area contributed by atoms with Gasteiger partial charge in [0.05, 0.1) is 12.1 Å². The first-order valence-corrected chi connectivity index (χ1v) is 7.80. The minimum absolute atomic E-state index is 0.129. The van der Waals surface area contributed by atoms with Crippen molar-refractivity contribution in [1.82, 2.24) is 15.1 Å². The fraction of sp³-hybridized carbons (Fsp3) is 0.400. The van der Waals surface area contributed by atoms with E-state index in [0.29, 0.717) is 18.3 Å². The predicted octanol–water partition coefficient (Wildman–Crippen LogP) is 2.91. The van der Waals surface area contributed by atoms with Crippen LogP contribution in [-0.4, -0.2) is 34.5 Å². The number of benzene rings is 1. The van der Waals surface area contributed by atoms with Gasteiger partial charge in [-0.05, 0) is 47.4 Å². The number of piperidine rings is 1. The van der Waals surface area contributed by atoms with Crippen LogP contribution in [0, 0.1) is 5.92 Å². The van der Waals surface area contributed by atoms with Crippen LogP contribution in [0.5, 0.6) is 0 Å². The second-order valence-electron chi connectivity index (χ2n) is 5.25. The molecule has 1 saturated heterocycles. The van der Waals surface area contributed by atoms with E-state index in [9.17, 15) is 4.79 Å². The molecule has 1 unspecified atom stereocenters. The standard InChI is InChI=1S/C15H16BrN3O2/c16-13-6-2-1-5-12(13)15-18-17-14(21-15)9-19-7-3-4-11(8-19)10-20/h1-2,5-6,10-11H,3-4,7-9H2. The summed E-state index contributed by atoms with van der Waals surface area (Å²) in [6.07, 6.45) is 3.06. The number of halogens is 1. The maximum absolute atomic E-state index is 10.9. The van der Waals surface area contributed by atoms with Crippen LogP contribution < -0.4 is 0 Å². The Balaban J connectivity index is 1.71. The molecule has 2 heterocycles. The van der Waals surface area contributed by atoms with E-state index < -0.39 is 0 Å². The molecule has 1 aromatic heterocycles. The SMILES string of the molecule is O=CC1CCCN(Cc2nnc(-c3ccccc3Br)o2)C1. The zero-order chi connectivity index (χ0) is 14.7. The lowest BCUT2D eigenvalue weighted by atomic mass is 10.00. The van der Waals surface area contributed by atoms with Crippen molar-refractivity contribution in [2.75, 3.05) is 13.1 Å². The number of nitrogens with zero attached hydrogens (tertiary/aromatic N) is 3. The second-order valence-corrected chi connectivity index (χ2v) is 6.11. The number of aldehydes is 1. The molecule has 0 spiro atoms. The van der Waals surface area contributed by atoms with Gasteiger partial charge in [0.1, 0.15) is 6.29 Å². The van der Waals surface area contributed by atoms with Crippen molar-refractivity contribution in [3.05, 3.63) is 34.6 Å². The van der Waals surface area contributed by atoms with Gasteiger partial charge >= 0.3 is 0 Å². The summed E-state index contributed by atoms with van der Waals surface area (Å²) in [6, 6.07) is 7.75. The molecule has 1 aliphatic heterocycles. The Kier molecular flexibility index (Phi) is 4.45. The van der Waals surface area contributed by atoms with E-state index in [1.807, 2.05) is 24.3 Å². The molecule has 0 saturated carbocycles. The first kappa shape index (κ1) is 14.4. The van der Waals surface area contributed by atoms with Crippen LogP contribution in [0.15, 0.2) is 33.2 Å². The van der Waals surface area contributed by atoms with Gasteiger partial charge in [-0.1, -0.05) is 12.1 Å². The minimum atomic E-state index is 0.129. The lowest BCUT2D eigenvalue weighted by Crippen LogP contribution is -2.35. The van der Waals surface area contributed by atoms with E-state index in [4.69, 9.17) is 4.42 Å². The molecule has 0 aliphatic carbocycles. The Morgan fingerprint density at radius 2 is 2.24 bits per heavy atom. The third-order valence-corrected chi connectivity index (χ3v) is 4.36. The molecule has 1 atom stereocenters. The van der Waals surface area contributed by atoms with Crippen LogP contribution >= 0.6 is 15.9 Å². The Labute approximate surface area is 131 Å². The Bertz CT molecular complexity index is 629. The Morgan fingerprint density at radius 3 is 3.05 bits per heavy atom.